The van der Waals surface area contributed by atoms with Gasteiger partial charge in [0, 0.05) is 5.56 Å². The Morgan fingerprint density at radius 1 is 1.59 bits per heavy atom. The molecule has 116 valence electrons. The van der Waals surface area contributed by atoms with Crippen molar-refractivity contribution in [3.8, 4) is 0 Å². The van der Waals surface area contributed by atoms with E-state index in [1.165, 1.54) is 23.2 Å². The van der Waals surface area contributed by atoms with Gasteiger partial charge in [0.2, 0.25) is 5.60 Å². The molecular formula is C14H15N3O4S. The molecule has 8 heteroatoms. The molecule has 0 radical (unpaired) electrons. The second-order valence-corrected chi connectivity index (χ2v) is 6.20. The van der Waals surface area contributed by atoms with E-state index >= 15 is 0 Å². The lowest BCUT2D eigenvalue weighted by Crippen LogP contribution is -2.39. The normalized spacial score (nSPS) is 21.4. The zero-order valence-electron chi connectivity index (χ0n) is 11.9. The molecule has 1 fully saturated rings. The third-order valence-electron chi connectivity index (χ3n) is 3.76. The highest BCUT2D eigenvalue weighted by molar-refractivity contribution is 7.18. The maximum absolute atomic E-state index is 12.2. The number of benzene rings is 1. The number of cyclic esters (lactones) is 1. The number of ether oxygens (including phenoxy) is 1. The number of hydrogen-bond donors (Lipinski definition) is 2. The molecule has 3 rings (SSSR count). The zero-order valence-corrected chi connectivity index (χ0v) is 12.7. The van der Waals surface area contributed by atoms with E-state index in [4.69, 9.17) is 15.6 Å². The molecule has 1 saturated heterocycles. The van der Waals surface area contributed by atoms with E-state index in [9.17, 15) is 9.59 Å². The molecule has 1 unspecified atom stereocenters. The Kier molecular flexibility index (Phi) is 3.59. The quantitative estimate of drug-likeness (QED) is 0.868. The Labute approximate surface area is 130 Å². The number of carbonyl (C=O) groups excluding carboxylic acids is 2. The topological polar surface area (TPSA) is 106 Å². The maximum Gasteiger partial charge on any atom is 0.412 e. The summed E-state index contributed by atoms with van der Waals surface area (Å²) in [6, 6.07) is 5.25. The first-order valence-corrected chi connectivity index (χ1v) is 7.51. The van der Waals surface area contributed by atoms with Crippen LogP contribution in [0.1, 0.15) is 17.5 Å². The standard InChI is InChI=1S/C14H15N3O4S/c1-8(19)14(6-17(7-15)13(20)21-14)9-2-3-10-11(4-9)22-12(5-18)16-10/h2-4,18H,5-7,15H2,1H3. The molecule has 2 heterocycles. The Hall–Kier alpha value is -2.03. The molecule has 7 nitrogen and oxygen atoms in total. The van der Waals surface area contributed by atoms with Crippen molar-refractivity contribution in [3.05, 3.63) is 28.8 Å². The fourth-order valence-electron chi connectivity index (χ4n) is 2.55. The monoisotopic (exact) mass is 321 g/mol. The van der Waals surface area contributed by atoms with Gasteiger partial charge in [0.25, 0.3) is 0 Å². The number of aliphatic hydroxyl groups is 1. The third-order valence-corrected chi connectivity index (χ3v) is 4.76. The second-order valence-electron chi connectivity index (χ2n) is 5.08. The highest BCUT2D eigenvalue weighted by atomic mass is 32.1. The van der Waals surface area contributed by atoms with Crippen LogP contribution >= 0.6 is 11.3 Å². The number of carbonyl (C=O) groups is 2. The summed E-state index contributed by atoms with van der Waals surface area (Å²) >= 11 is 1.34. The Morgan fingerprint density at radius 3 is 2.95 bits per heavy atom. The van der Waals surface area contributed by atoms with Gasteiger partial charge in [-0.15, -0.1) is 11.3 Å². The zero-order chi connectivity index (χ0) is 15.9. The van der Waals surface area contributed by atoms with Crippen molar-refractivity contribution in [2.45, 2.75) is 19.1 Å². The molecular weight excluding hydrogens is 306 g/mol. The molecule has 1 aliphatic heterocycles. The van der Waals surface area contributed by atoms with Crippen molar-refractivity contribution in [3.63, 3.8) is 0 Å². The summed E-state index contributed by atoms with van der Waals surface area (Å²) in [7, 11) is 0. The van der Waals surface area contributed by atoms with Crippen LogP contribution in [0.5, 0.6) is 0 Å². The predicted octanol–water partition coefficient (Wildman–Crippen LogP) is 0.941. The van der Waals surface area contributed by atoms with Crippen molar-refractivity contribution in [1.82, 2.24) is 9.88 Å². The number of Topliss-reactive ketones (excluding diaryl/α,β-unsaturated/α-hetero) is 1. The van der Waals surface area contributed by atoms with Crippen LogP contribution in [0.3, 0.4) is 0 Å². The summed E-state index contributed by atoms with van der Waals surface area (Å²) < 4.78 is 6.20. The maximum atomic E-state index is 12.2. The number of thiazole rings is 1. The lowest BCUT2D eigenvalue weighted by Gasteiger charge is -2.24. The number of hydrogen-bond acceptors (Lipinski definition) is 7. The van der Waals surface area contributed by atoms with Gasteiger partial charge in [-0.25, -0.2) is 9.78 Å². The van der Waals surface area contributed by atoms with Crippen molar-refractivity contribution < 1.29 is 19.4 Å². The van der Waals surface area contributed by atoms with Crippen molar-refractivity contribution in [2.75, 3.05) is 13.2 Å². The summed E-state index contributed by atoms with van der Waals surface area (Å²) in [5, 5.41) is 9.76. The van der Waals surface area contributed by atoms with Gasteiger partial charge >= 0.3 is 6.09 Å². The molecule has 1 aromatic heterocycles. The third kappa shape index (κ3) is 2.16. The Bertz CT molecular complexity index is 760. The Balaban J connectivity index is 2.09. The smallest absolute Gasteiger partial charge is 0.412 e. The summed E-state index contributed by atoms with van der Waals surface area (Å²) in [5.41, 5.74) is 5.50. The van der Waals surface area contributed by atoms with Gasteiger partial charge < -0.3 is 15.6 Å². The molecule has 0 bridgehead atoms. The predicted molar refractivity (Wildman–Crippen MR) is 80.1 cm³/mol. The highest BCUT2D eigenvalue weighted by Gasteiger charge is 2.50. The van der Waals surface area contributed by atoms with E-state index < -0.39 is 11.7 Å². The van der Waals surface area contributed by atoms with Gasteiger partial charge in [-0.05, 0) is 19.1 Å². The van der Waals surface area contributed by atoms with Crippen LogP contribution in [0.15, 0.2) is 18.2 Å². The number of amides is 1. The SMILES string of the molecule is CC(=O)C1(c2ccc3nc(CO)sc3c2)CN(CN)C(=O)O1. The Morgan fingerprint density at radius 2 is 2.36 bits per heavy atom. The van der Waals surface area contributed by atoms with E-state index in [1.807, 2.05) is 0 Å². The average Bonchev–Trinajstić information content (AvgIpc) is 3.07. The van der Waals surface area contributed by atoms with Gasteiger partial charge in [0.15, 0.2) is 5.78 Å². The van der Waals surface area contributed by atoms with Gasteiger partial charge in [-0.3, -0.25) is 9.69 Å². The lowest BCUT2D eigenvalue weighted by atomic mass is 9.90. The van der Waals surface area contributed by atoms with Gasteiger partial charge in [0.05, 0.1) is 30.0 Å². The number of nitrogens with zero attached hydrogens (tertiary/aromatic N) is 2. The number of ketones is 1. The number of nitrogens with two attached hydrogens (primary N) is 1. The molecule has 2 aromatic rings. The van der Waals surface area contributed by atoms with Crippen molar-refractivity contribution in [2.24, 2.45) is 5.73 Å². The number of fused-ring (bicyclic) bond motifs is 1. The van der Waals surface area contributed by atoms with E-state index in [0.29, 0.717) is 10.6 Å². The van der Waals surface area contributed by atoms with Gasteiger partial charge in [-0.2, -0.15) is 0 Å². The number of aliphatic hydroxyl groups excluding tert-OH is 1. The summed E-state index contributed by atoms with van der Waals surface area (Å²) in [5.74, 6) is -0.261. The van der Waals surface area contributed by atoms with Crippen LogP contribution in [0.4, 0.5) is 4.79 Å². The molecule has 3 N–H and O–H groups in total. The number of aromatic nitrogens is 1. The minimum Gasteiger partial charge on any atom is -0.428 e. The van der Waals surface area contributed by atoms with Gasteiger partial charge in [-0.1, -0.05) is 6.07 Å². The van der Waals surface area contributed by atoms with Crippen LogP contribution < -0.4 is 5.73 Å². The fourth-order valence-corrected chi connectivity index (χ4v) is 3.41. The molecule has 1 amide bonds. The first-order valence-electron chi connectivity index (χ1n) is 6.70. The van der Waals surface area contributed by atoms with Crippen molar-refractivity contribution in [1.29, 1.82) is 0 Å². The molecule has 1 aromatic carbocycles. The molecule has 1 atom stereocenters. The second kappa shape index (κ2) is 5.31. The van der Waals surface area contributed by atoms with Crippen LogP contribution in [0, 0.1) is 0 Å². The first-order chi connectivity index (χ1) is 10.5. The van der Waals surface area contributed by atoms with E-state index in [1.54, 1.807) is 18.2 Å². The van der Waals surface area contributed by atoms with Crippen molar-refractivity contribution >= 4 is 33.4 Å². The van der Waals surface area contributed by atoms with E-state index in [0.717, 1.165) is 10.2 Å². The van der Waals surface area contributed by atoms with Gasteiger partial charge in [0.1, 0.15) is 5.01 Å². The molecule has 0 saturated carbocycles. The van der Waals surface area contributed by atoms with Crippen LogP contribution in [-0.4, -0.2) is 40.1 Å². The minimum absolute atomic E-state index is 0.00861. The summed E-state index contributed by atoms with van der Waals surface area (Å²) in [6.45, 7) is 1.34. The van der Waals surface area contributed by atoms with E-state index in [-0.39, 0.29) is 25.6 Å². The minimum atomic E-state index is -1.34. The van der Waals surface area contributed by atoms with Crippen LogP contribution in [0.2, 0.25) is 0 Å². The molecule has 22 heavy (non-hydrogen) atoms. The van der Waals surface area contributed by atoms with Crippen LogP contribution in [0.25, 0.3) is 10.2 Å². The highest BCUT2D eigenvalue weighted by Crippen LogP contribution is 2.36. The molecule has 0 aliphatic carbocycles. The molecule has 0 spiro atoms. The largest absolute Gasteiger partial charge is 0.428 e. The fraction of sp³-hybridized carbons (Fsp3) is 0.357. The molecule has 1 aliphatic rings. The van der Waals surface area contributed by atoms with Crippen LogP contribution in [-0.2, 0) is 21.7 Å². The summed E-state index contributed by atoms with van der Waals surface area (Å²) in [6.07, 6.45) is -0.599. The number of rotatable bonds is 4. The summed E-state index contributed by atoms with van der Waals surface area (Å²) in [4.78, 5) is 29.6. The average molecular weight is 321 g/mol. The lowest BCUT2D eigenvalue weighted by molar-refractivity contribution is -0.132. The van der Waals surface area contributed by atoms with E-state index in [2.05, 4.69) is 4.98 Å². The first kappa shape index (κ1) is 14.9.